The molecule has 1 atom stereocenters. The van der Waals surface area contributed by atoms with Gasteiger partial charge < -0.3 is 0 Å². The molecule has 0 N–H and O–H groups in total. The van der Waals surface area contributed by atoms with Gasteiger partial charge in [-0.25, -0.2) is 0 Å². The summed E-state index contributed by atoms with van der Waals surface area (Å²) in [5.74, 6) is 2.71. The molecule has 2 aromatic rings. The molecule has 0 saturated carbocycles. The number of hydrogen-bond acceptors (Lipinski definition) is 0. The first kappa shape index (κ1) is 19.4. The van der Waals surface area contributed by atoms with Gasteiger partial charge in [-0.3, -0.25) is 0 Å². The molecule has 0 heterocycles. The van der Waals surface area contributed by atoms with Crippen LogP contribution in [0.1, 0.15) is 29.0 Å². The molecule has 2 heteroatoms. The second-order valence-corrected chi connectivity index (χ2v) is 7.92. The second kappa shape index (κ2) is 10.2. The van der Waals surface area contributed by atoms with Gasteiger partial charge in [-0.2, -0.15) is 0 Å². The normalized spacial score (nSPS) is 13.0. The fourth-order valence-corrected chi connectivity index (χ4v) is 4.94. The van der Waals surface area contributed by atoms with E-state index in [1.54, 1.807) is 0 Å². The van der Waals surface area contributed by atoms with Crippen LogP contribution in [0.15, 0.2) is 79.9 Å². The number of rotatable bonds is 9. The number of benzene rings is 2. The molecule has 0 amide bonds. The van der Waals surface area contributed by atoms with Crippen molar-refractivity contribution in [3.8, 4) is 0 Å². The topological polar surface area (TPSA) is 3.01 Å². The molecule has 1 nitrogen and oxygen atoms in total. The fraction of sp³-hybridized carbons (Fsp3) is 0.261. The average molecular weight is 397 g/mol. The Morgan fingerprint density at radius 3 is 2.28 bits per heavy atom. The summed E-state index contributed by atoms with van der Waals surface area (Å²) in [5.41, 5.74) is 4.02. The molecular formula is C23H28NSe+. The number of aryl methyl sites for hydroxylation is 1. The minimum atomic E-state index is 0.397. The Morgan fingerprint density at radius 2 is 1.72 bits per heavy atom. The molecule has 0 spiro atoms. The van der Waals surface area contributed by atoms with Crippen LogP contribution in [-0.4, -0.2) is 30.7 Å². The third-order valence-electron chi connectivity index (χ3n) is 4.27. The van der Waals surface area contributed by atoms with Crippen LogP contribution in [0.3, 0.4) is 0 Å². The van der Waals surface area contributed by atoms with E-state index in [-0.39, 0.29) is 0 Å². The molecule has 130 valence electrons. The van der Waals surface area contributed by atoms with E-state index in [9.17, 15) is 0 Å². The van der Waals surface area contributed by atoms with Crippen LogP contribution in [-0.2, 0) is 6.54 Å². The first-order valence-corrected chi connectivity index (χ1v) is 11.2. The molecule has 0 bridgehead atoms. The van der Waals surface area contributed by atoms with E-state index in [1.165, 1.54) is 21.3 Å². The minimum absolute atomic E-state index is 0.397. The summed E-state index contributed by atoms with van der Waals surface area (Å²) in [6, 6.07) is 19.7. The van der Waals surface area contributed by atoms with Crippen molar-refractivity contribution in [1.29, 1.82) is 0 Å². The maximum atomic E-state index is 4.00. The molecule has 2 rings (SSSR count). The third-order valence-corrected chi connectivity index (χ3v) is 6.28. The molecule has 0 aromatic heterocycles. The van der Waals surface area contributed by atoms with Crippen molar-refractivity contribution in [3.63, 3.8) is 0 Å². The second-order valence-electron chi connectivity index (χ2n) is 6.18. The summed E-state index contributed by atoms with van der Waals surface area (Å²) >= 11 is 0.414. The van der Waals surface area contributed by atoms with Crippen molar-refractivity contribution in [3.05, 3.63) is 96.6 Å². The Kier molecular flexibility index (Phi) is 7.91. The van der Waals surface area contributed by atoms with Gasteiger partial charge in [0.15, 0.2) is 0 Å². The number of nitrogens with zero attached hydrogens (tertiary/aromatic N) is 1. The Hall–Kier alpha value is -1.89. The van der Waals surface area contributed by atoms with Crippen molar-refractivity contribution in [2.45, 2.75) is 31.6 Å². The summed E-state index contributed by atoms with van der Waals surface area (Å²) in [6.45, 7) is 11.9. The van der Waals surface area contributed by atoms with E-state index in [0.29, 0.717) is 20.9 Å². The summed E-state index contributed by atoms with van der Waals surface area (Å²) in [7, 11) is 0. The molecule has 2 aromatic carbocycles. The van der Waals surface area contributed by atoms with Gasteiger partial charge in [0.25, 0.3) is 0 Å². The quantitative estimate of drug-likeness (QED) is 0.237. The maximum absolute atomic E-state index is 4.00. The van der Waals surface area contributed by atoms with E-state index in [1.807, 2.05) is 12.2 Å². The Labute approximate surface area is 159 Å². The first-order chi connectivity index (χ1) is 12.2. The number of allylic oxidation sites excluding steroid dienone is 1. The predicted molar refractivity (Wildman–Crippen MR) is 111 cm³/mol. The molecule has 0 radical (unpaired) electrons. The van der Waals surface area contributed by atoms with Crippen molar-refractivity contribution < 1.29 is 4.58 Å². The van der Waals surface area contributed by atoms with E-state index in [0.717, 1.165) is 19.5 Å². The SMILES string of the molecule is C=CCC(C([Se]C)=[N+](CC=C)Cc1ccc(C)cc1)c1ccccc1. The zero-order valence-corrected chi connectivity index (χ0v) is 17.0. The molecule has 1 unspecified atom stereocenters. The van der Waals surface area contributed by atoms with Gasteiger partial charge in [0.05, 0.1) is 0 Å². The number of hydrogen-bond donors (Lipinski definition) is 0. The monoisotopic (exact) mass is 398 g/mol. The molecule has 25 heavy (non-hydrogen) atoms. The summed E-state index contributed by atoms with van der Waals surface area (Å²) in [6.07, 6.45) is 5.02. The van der Waals surface area contributed by atoms with Gasteiger partial charge in [0, 0.05) is 0 Å². The Bertz CT molecular complexity index is 714. The standard InChI is InChI=1S/C23H28NSe/c1-5-10-22(21-11-8-7-9-12-21)23(25-4)24(17-6-2)18-20-15-13-19(3)14-16-20/h5-9,11-16,22H,1-2,10,17-18H2,3-4H3/q+1. The van der Waals surface area contributed by atoms with Gasteiger partial charge >= 0.3 is 159 Å². The van der Waals surface area contributed by atoms with E-state index in [2.05, 4.69) is 85.1 Å². The third kappa shape index (κ3) is 5.56. The van der Waals surface area contributed by atoms with Crippen molar-refractivity contribution in [2.75, 3.05) is 6.54 Å². The Balaban J connectivity index is 2.44. The fourth-order valence-electron chi connectivity index (χ4n) is 3.03. The first-order valence-electron chi connectivity index (χ1n) is 8.67. The van der Waals surface area contributed by atoms with Crippen molar-refractivity contribution in [2.24, 2.45) is 0 Å². The summed E-state index contributed by atoms with van der Waals surface area (Å²) < 4.78 is 4.01. The van der Waals surface area contributed by atoms with Crippen molar-refractivity contribution in [1.82, 2.24) is 0 Å². The van der Waals surface area contributed by atoms with Gasteiger partial charge in [0.2, 0.25) is 0 Å². The van der Waals surface area contributed by atoms with Gasteiger partial charge in [-0.15, -0.1) is 0 Å². The van der Waals surface area contributed by atoms with Crippen LogP contribution in [0.4, 0.5) is 0 Å². The average Bonchev–Trinajstić information content (AvgIpc) is 2.64. The van der Waals surface area contributed by atoms with Crippen LogP contribution >= 0.6 is 0 Å². The zero-order chi connectivity index (χ0) is 18.1. The van der Waals surface area contributed by atoms with Gasteiger partial charge in [0.1, 0.15) is 0 Å². The zero-order valence-electron chi connectivity index (χ0n) is 15.3. The van der Waals surface area contributed by atoms with Crippen LogP contribution in [0.5, 0.6) is 0 Å². The Morgan fingerprint density at radius 1 is 1.04 bits per heavy atom. The van der Waals surface area contributed by atoms with Crippen LogP contribution in [0.2, 0.25) is 5.82 Å². The van der Waals surface area contributed by atoms with E-state index < -0.39 is 0 Å². The van der Waals surface area contributed by atoms with Crippen LogP contribution in [0.25, 0.3) is 0 Å². The molecule has 0 aliphatic heterocycles. The van der Waals surface area contributed by atoms with Gasteiger partial charge in [-0.05, 0) is 0 Å². The molecule has 0 fully saturated rings. The predicted octanol–water partition coefficient (Wildman–Crippen LogP) is 5.20. The van der Waals surface area contributed by atoms with Crippen molar-refractivity contribution >= 4 is 19.6 Å². The molecule has 0 saturated heterocycles. The summed E-state index contributed by atoms with van der Waals surface area (Å²) in [5, 5.41) is 0. The van der Waals surface area contributed by atoms with Crippen LogP contribution in [0, 0.1) is 6.92 Å². The molecule has 0 aliphatic rings. The van der Waals surface area contributed by atoms with Crippen LogP contribution < -0.4 is 0 Å². The summed E-state index contributed by atoms with van der Waals surface area (Å²) in [4.78, 5) is 0. The molecular weight excluding hydrogens is 369 g/mol. The molecule has 0 aliphatic carbocycles. The van der Waals surface area contributed by atoms with Gasteiger partial charge in [-0.1, -0.05) is 0 Å². The van der Waals surface area contributed by atoms with E-state index >= 15 is 0 Å². The van der Waals surface area contributed by atoms with E-state index in [4.69, 9.17) is 0 Å².